The van der Waals surface area contributed by atoms with Crippen molar-refractivity contribution in [2.24, 2.45) is 0 Å². The number of thiazole rings is 1. The van der Waals surface area contributed by atoms with Crippen LogP contribution in [0.2, 0.25) is 10.0 Å². The first-order chi connectivity index (χ1) is 15.8. The Morgan fingerprint density at radius 1 is 1.21 bits per heavy atom. The van der Waals surface area contributed by atoms with Crippen LogP contribution in [0.3, 0.4) is 0 Å². The molecule has 2 heterocycles. The number of halogens is 2. The highest BCUT2D eigenvalue weighted by Crippen LogP contribution is 2.35. The van der Waals surface area contributed by atoms with Crippen molar-refractivity contribution in [1.82, 2.24) is 14.2 Å². The Labute approximate surface area is 213 Å². The van der Waals surface area contributed by atoms with Gasteiger partial charge in [-0.3, -0.25) is 14.0 Å². The molecule has 0 bridgehead atoms. The van der Waals surface area contributed by atoms with Gasteiger partial charge in [-0.05, 0) is 49.1 Å². The van der Waals surface area contributed by atoms with Crippen molar-refractivity contribution in [1.29, 1.82) is 0 Å². The lowest BCUT2D eigenvalue weighted by atomic mass is 10.0. The molecule has 0 radical (unpaired) electrons. The van der Waals surface area contributed by atoms with E-state index in [1.165, 1.54) is 11.9 Å². The molecule has 5 nitrogen and oxygen atoms in total. The molecule has 1 saturated heterocycles. The fourth-order valence-electron chi connectivity index (χ4n) is 3.92. The van der Waals surface area contributed by atoms with E-state index >= 15 is 0 Å². The van der Waals surface area contributed by atoms with Gasteiger partial charge in [-0.25, -0.2) is 4.98 Å². The van der Waals surface area contributed by atoms with E-state index in [0.29, 0.717) is 10.0 Å². The second-order valence-corrected chi connectivity index (χ2v) is 11.2. The van der Waals surface area contributed by atoms with Crippen LogP contribution in [0, 0.1) is 6.92 Å². The van der Waals surface area contributed by atoms with Gasteiger partial charge in [-0.15, -0.1) is 11.3 Å². The minimum absolute atomic E-state index is 0.0549. The Balaban J connectivity index is 1.37. The number of nitrogens with two attached hydrogens (primary N) is 1. The molecule has 0 spiro atoms. The molecule has 3 aromatic rings. The first kappa shape index (κ1) is 24.4. The number of likely N-dealkylation sites (tertiary alicyclic amines) is 1. The lowest BCUT2D eigenvalue weighted by molar-refractivity contribution is -0.125. The maximum atomic E-state index is 12.5. The van der Waals surface area contributed by atoms with E-state index in [0.717, 1.165) is 64.9 Å². The first-order valence-electron chi connectivity index (χ1n) is 10.8. The van der Waals surface area contributed by atoms with Gasteiger partial charge < -0.3 is 5.73 Å². The van der Waals surface area contributed by atoms with Crippen LogP contribution in [0.5, 0.6) is 0 Å². The fourth-order valence-corrected chi connectivity index (χ4v) is 6.15. The van der Waals surface area contributed by atoms with Crippen LogP contribution in [0.4, 0.5) is 5.69 Å². The zero-order valence-electron chi connectivity index (χ0n) is 18.6. The van der Waals surface area contributed by atoms with Crippen molar-refractivity contribution in [2.45, 2.75) is 43.6 Å². The highest BCUT2D eigenvalue weighted by Gasteiger charge is 2.28. The van der Waals surface area contributed by atoms with Crippen molar-refractivity contribution in [3.05, 3.63) is 63.0 Å². The number of benzene rings is 2. The number of hydrogen-bond acceptors (Lipinski definition) is 6. The van der Waals surface area contributed by atoms with Gasteiger partial charge in [0.2, 0.25) is 5.91 Å². The summed E-state index contributed by atoms with van der Waals surface area (Å²) in [7, 11) is 0. The number of aryl methyl sites for hydroxylation is 1. The van der Waals surface area contributed by atoms with Crippen LogP contribution in [0.25, 0.3) is 11.3 Å². The van der Waals surface area contributed by atoms with Crippen LogP contribution >= 0.6 is 46.5 Å². The van der Waals surface area contributed by atoms with Crippen LogP contribution in [0.15, 0.2) is 46.1 Å². The van der Waals surface area contributed by atoms with Gasteiger partial charge in [0.05, 0.1) is 15.7 Å². The number of nitrogen functional groups attached to an aromatic ring is 1. The molecular weight excluding hydrogens is 495 g/mol. The number of rotatable bonds is 6. The van der Waals surface area contributed by atoms with E-state index in [1.54, 1.807) is 18.3 Å². The van der Waals surface area contributed by atoms with Crippen LogP contribution in [-0.4, -0.2) is 39.2 Å². The number of aromatic nitrogens is 1. The van der Waals surface area contributed by atoms with E-state index in [2.05, 4.69) is 4.90 Å². The summed E-state index contributed by atoms with van der Waals surface area (Å²) in [5.74, 6) is 0.0549. The summed E-state index contributed by atoms with van der Waals surface area (Å²) in [6.45, 7) is 6.28. The van der Waals surface area contributed by atoms with Gasteiger partial charge in [0, 0.05) is 61.2 Å². The highest BCUT2D eigenvalue weighted by atomic mass is 35.5. The van der Waals surface area contributed by atoms with Crippen LogP contribution in [0.1, 0.15) is 30.9 Å². The summed E-state index contributed by atoms with van der Waals surface area (Å²) in [5, 5.41) is 3.17. The highest BCUT2D eigenvalue weighted by molar-refractivity contribution is 7.99. The fraction of sp³-hybridized carbons (Fsp3) is 0.333. The number of hydrogen-bond donors (Lipinski definition) is 1. The molecule has 1 aliphatic heterocycles. The molecule has 1 fully saturated rings. The van der Waals surface area contributed by atoms with Crippen molar-refractivity contribution in [2.75, 3.05) is 18.8 Å². The van der Waals surface area contributed by atoms with E-state index in [9.17, 15) is 4.79 Å². The van der Waals surface area contributed by atoms with Gasteiger partial charge in [-0.1, -0.05) is 41.4 Å². The summed E-state index contributed by atoms with van der Waals surface area (Å²) < 4.78 is 2.75. The summed E-state index contributed by atoms with van der Waals surface area (Å²) in [6, 6.07) is 11.9. The molecule has 174 valence electrons. The minimum atomic E-state index is 0.0549. The molecule has 2 N–H and O–H groups in total. The Bertz CT molecular complexity index is 1150. The summed E-state index contributed by atoms with van der Waals surface area (Å²) in [6.07, 6.45) is 1.83. The van der Waals surface area contributed by atoms with Crippen LogP contribution < -0.4 is 5.73 Å². The molecule has 0 atom stereocenters. The number of amides is 1. The maximum absolute atomic E-state index is 12.5. The molecule has 1 aliphatic rings. The Kier molecular flexibility index (Phi) is 7.87. The topological polar surface area (TPSA) is 62.5 Å². The van der Waals surface area contributed by atoms with Gasteiger partial charge in [-0.2, -0.15) is 0 Å². The maximum Gasteiger partial charge on any atom is 0.229 e. The predicted molar refractivity (Wildman–Crippen MR) is 140 cm³/mol. The van der Waals surface area contributed by atoms with Gasteiger partial charge in [0.25, 0.3) is 0 Å². The molecule has 2 aromatic carbocycles. The zero-order chi connectivity index (χ0) is 23.5. The van der Waals surface area contributed by atoms with Crippen molar-refractivity contribution < 1.29 is 4.79 Å². The summed E-state index contributed by atoms with van der Waals surface area (Å²) >= 11 is 15.2. The molecule has 4 rings (SSSR count). The normalized spacial score (nSPS) is 15.0. The second-order valence-electron chi connectivity index (χ2n) is 8.26. The zero-order valence-corrected chi connectivity index (χ0v) is 21.7. The third kappa shape index (κ3) is 6.03. The average Bonchev–Trinajstić information content (AvgIpc) is 3.26. The molecule has 9 heteroatoms. The monoisotopic (exact) mass is 520 g/mol. The second kappa shape index (κ2) is 10.7. The van der Waals surface area contributed by atoms with E-state index in [-0.39, 0.29) is 11.9 Å². The van der Waals surface area contributed by atoms with Gasteiger partial charge in [0.15, 0.2) is 4.34 Å². The number of anilines is 1. The molecule has 0 aliphatic carbocycles. The number of carbonyl (C=O) groups excluding carboxylic acids is 1. The van der Waals surface area contributed by atoms with Gasteiger partial charge >= 0.3 is 0 Å². The first-order valence-corrected chi connectivity index (χ1v) is 13.2. The molecule has 0 saturated carbocycles. The molecule has 1 amide bonds. The third-order valence-corrected chi connectivity index (χ3v) is 8.71. The smallest absolute Gasteiger partial charge is 0.229 e. The molecular formula is C24H26Cl2N4OS2. The minimum Gasteiger partial charge on any atom is -0.398 e. The Morgan fingerprint density at radius 2 is 1.97 bits per heavy atom. The van der Waals surface area contributed by atoms with Crippen molar-refractivity contribution in [3.63, 3.8) is 0 Å². The molecule has 0 unspecified atom stereocenters. The Morgan fingerprint density at radius 3 is 2.64 bits per heavy atom. The summed E-state index contributed by atoms with van der Waals surface area (Å²) in [5.41, 5.74) is 10.9. The lowest BCUT2D eigenvalue weighted by Crippen LogP contribution is -2.43. The van der Waals surface area contributed by atoms with E-state index in [1.807, 2.05) is 53.0 Å². The standard InChI is InChI=1S/C24H26Cl2N4OS2/c1-15-3-5-18(12-22(15)27)23-14-32-24(28-23)33-30(16(2)31)19-7-9-29(10-8-19)13-17-4-6-20(25)21(26)11-17/h3-6,11-12,14,19H,7-10,13,27H2,1-2H3. The SMILES string of the molecule is CC(=O)N(Sc1nc(-c2ccc(C)c(N)c2)cs1)C1CCN(Cc2ccc(Cl)c(Cl)c2)CC1. The molecule has 1 aromatic heterocycles. The number of piperidine rings is 1. The van der Waals surface area contributed by atoms with E-state index < -0.39 is 0 Å². The van der Waals surface area contributed by atoms with E-state index in [4.69, 9.17) is 33.9 Å². The molecule has 33 heavy (non-hydrogen) atoms. The Hall–Kier alpha value is -1.77. The third-order valence-electron chi connectivity index (χ3n) is 5.82. The van der Waals surface area contributed by atoms with Crippen molar-refractivity contribution >= 4 is 58.1 Å². The van der Waals surface area contributed by atoms with Crippen LogP contribution in [-0.2, 0) is 11.3 Å². The number of carbonyl (C=O) groups is 1. The number of nitrogens with zero attached hydrogens (tertiary/aromatic N) is 3. The predicted octanol–water partition coefficient (Wildman–Crippen LogP) is 6.53. The largest absolute Gasteiger partial charge is 0.398 e. The van der Waals surface area contributed by atoms with Crippen molar-refractivity contribution in [3.8, 4) is 11.3 Å². The lowest BCUT2D eigenvalue weighted by Gasteiger charge is -2.37. The summed E-state index contributed by atoms with van der Waals surface area (Å²) in [4.78, 5) is 19.6. The average molecular weight is 522 g/mol. The quantitative estimate of drug-likeness (QED) is 0.295. The van der Waals surface area contributed by atoms with Gasteiger partial charge in [0.1, 0.15) is 0 Å².